The molecule has 1 atom stereocenters. The fraction of sp³-hybridized carbons (Fsp3) is 0.500. The Labute approximate surface area is 112 Å². The second-order valence-electron chi connectivity index (χ2n) is 4.93. The number of aliphatic hydroxyl groups is 1. The van der Waals surface area contributed by atoms with Gasteiger partial charge < -0.3 is 5.11 Å². The molecule has 1 N–H and O–H groups in total. The molecule has 2 rings (SSSR count). The Morgan fingerprint density at radius 2 is 2.26 bits per heavy atom. The van der Waals surface area contributed by atoms with Crippen LogP contribution in [0.1, 0.15) is 25.5 Å². The van der Waals surface area contributed by atoms with Gasteiger partial charge in [-0.05, 0) is 31.9 Å². The molecular weight excluding hydrogens is 266 g/mol. The number of aromatic nitrogens is 1. The number of hydrogen-bond acceptors (Lipinski definition) is 5. The summed E-state index contributed by atoms with van der Waals surface area (Å²) in [6.07, 6.45) is 2.39. The van der Waals surface area contributed by atoms with E-state index in [9.17, 15) is 13.5 Å². The molecule has 1 aliphatic rings. The second kappa shape index (κ2) is 4.89. The summed E-state index contributed by atoms with van der Waals surface area (Å²) in [5.41, 5.74) is -0.824. The van der Waals surface area contributed by atoms with Crippen LogP contribution in [0.3, 0.4) is 0 Å². The maximum atomic E-state index is 12.4. The van der Waals surface area contributed by atoms with Gasteiger partial charge in [0, 0.05) is 19.3 Å². The highest BCUT2D eigenvalue weighted by Crippen LogP contribution is 2.25. The molecule has 0 radical (unpaired) electrons. The minimum atomic E-state index is -3.66. The molecule has 1 unspecified atom stereocenters. The van der Waals surface area contributed by atoms with E-state index in [1.54, 1.807) is 6.92 Å². The highest BCUT2D eigenvalue weighted by atomic mass is 32.2. The summed E-state index contributed by atoms with van der Waals surface area (Å²) in [6.45, 7) is 2.10. The molecule has 102 valence electrons. The summed E-state index contributed by atoms with van der Waals surface area (Å²) in [5.74, 6) is 0. The largest absolute Gasteiger partial charge is 0.389 e. The summed E-state index contributed by atoms with van der Waals surface area (Å²) in [7, 11) is -3.66. The van der Waals surface area contributed by atoms with E-state index in [1.165, 1.54) is 22.6 Å². The minimum Gasteiger partial charge on any atom is -0.389 e. The van der Waals surface area contributed by atoms with Crippen molar-refractivity contribution in [3.05, 3.63) is 24.0 Å². The van der Waals surface area contributed by atoms with Gasteiger partial charge in [-0.2, -0.15) is 9.57 Å². The number of nitriles is 1. The van der Waals surface area contributed by atoms with Crippen molar-refractivity contribution in [2.45, 2.75) is 30.3 Å². The van der Waals surface area contributed by atoms with Gasteiger partial charge in [-0.25, -0.2) is 13.4 Å². The lowest BCUT2D eigenvalue weighted by molar-refractivity contribution is 0.00939. The molecule has 1 aromatic heterocycles. The molecule has 0 bridgehead atoms. The van der Waals surface area contributed by atoms with E-state index in [-0.39, 0.29) is 17.1 Å². The maximum Gasteiger partial charge on any atom is 0.244 e. The first-order valence-electron chi connectivity index (χ1n) is 5.94. The highest BCUT2D eigenvalue weighted by Gasteiger charge is 2.35. The van der Waals surface area contributed by atoms with E-state index in [4.69, 9.17) is 5.26 Å². The van der Waals surface area contributed by atoms with Crippen LogP contribution in [0.5, 0.6) is 0 Å². The van der Waals surface area contributed by atoms with Crippen molar-refractivity contribution in [1.82, 2.24) is 9.29 Å². The summed E-state index contributed by atoms with van der Waals surface area (Å²) in [6, 6.07) is 4.57. The first-order valence-corrected chi connectivity index (χ1v) is 7.38. The van der Waals surface area contributed by atoms with Crippen LogP contribution in [0.25, 0.3) is 0 Å². The summed E-state index contributed by atoms with van der Waals surface area (Å²) in [4.78, 5) is 3.81. The van der Waals surface area contributed by atoms with Crippen molar-refractivity contribution >= 4 is 10.0 Å². The van der Waals surface area contributed by atoms with Crippen LogP contribution in [0.15, 0.2) is 23.2 Å². The van der Waals surface area contributed by atoms with Crippen molar-refractivity contribution < 1.29 is 13.5 Å². The molecular formula is C12H15N3O3S. The van der Waals surface area contributed by atoms with Gasteiger partial charge in [0.15, 0.2) is 0 Å². The van der Waals surface area contributed by atoms with E-state index >= 15 is 0 Å². The fourth-order valence-electron chi connectivity index (χ4n) is 2.13. The average molecular weight is 281 g/mol. The van der Waals surface area contributed by atoms with E-state index < -0.39 is 15.6 Å². The number of β-amino-alcohol motifs (C(OH)–C–C–N with tert-alkyl or cyclic N) is 1. The molecule has 0 saturated carbocycles. The van der Waals surface area contributed by atoms with Crippen molar-refractivity contribution in [1.29, 1.82) is 5.26 Å². The Kier molecular flexibility index (Phi) is 3.58. The van der Waals surface area contributed by atoms with E-state index in [0.717, 1.165) is 0 Å². The van der Waals surface area contributed by atoms with Gasteiger partial charge in [0.2, 0.25) is 10.0 Å². The van der Waals surface area contributed by atoms with Crippen LogP contribution in [-0.2, 0) is 10.0 Å². The average Bonchev–Trinajstić information content (AvgIpc) is 2.37. The third-order valence-electron chi connectivity index (χ3n) is 3.13. The molecule has 1 aromatic rings. The SMILES string of the molecule is CC1(O)CCCN(S(=O)(=O)c2ccc(C#N)nc2)C1. The van der Waals surface area contributed by atoms with Crippen molar-refractivity contribution in [2.24, 2.45) is 0 Å². The number of hydrogen-bond donors (Lipinski definition) is 1. The molecule has 2 heterocycles. The summed E-state index contributed by atoms with van der Waals surface area (Å²) < 4.78 is 26.0. The molecule has 0 amide bonds. The normalized spacial score (nSPS) is 24.9. The first-order chi connectivity index (χ1) is 8.85. The van der Waals surface area contributed by atoms with Gasteiger partial charge in [-0.15, -0.1) is 0 Å². The Balaban J connectivity index is 2.29. The van der Waals surface area contributed by atoms with E-state index in [0.29, 0.717) is 19.4 Å². The van der Waals surface area contributed by atoms with Crippen molar-refractivity contribution in [2.75, 3.05) is 13.1 Å². The standard InChI is InChI=1S/C12H15N3O3S/c1-12(16)5-2-6-15(9-12)19(17,18)11-4-3-10(7-13)14-8-11/h3-4,8,16H,2,5-6,9H2,1H3. The topological polar surface area (TPSA) is 94.3 Å². The molecule has 7 heteroatoms. The smallest absolute Gasteiger partial charge is 0.244 e. The Morgan fingerprint density at radius 3 is 2.79 bits per heavy atom. The van der Waals surface area contributed by atoms with Gasteiger partial charge in [0.05, 0.1) is 5.60 Å². The number of nitrogens with zero attached hydrogens (tertiary/aromatic N) is 3. The first kappa shape index (κ1) is 13.9. The van der Waals surface area contributed by atoms with Crippen LogP contribution >= 0.6 is 0 Å². The minimum absolute atomic E-state index is 0.0456. The zero-order valence-electron chi connectivity index (χ0n) is 10.6. The predicted molar refractivity (Wildman–Crippen MR) is 67.6 cm³/mol. The van der Waals surface area contributed by atoms with Crippen LogP contribution in [0, 0.1) is 11.3 Å². The summed E-state index contributed by atoms with van der Waals surface area (Å²) >= 11 is 0. The maximum absolute atomic E-state index is 12.4. The number of piperidine rings is 1. The molecule has 1 fully saturated rings. The zero-order chi connectivity index (χ0) is 14.1. The third kappa shape index (κ3) is 2.92. The number of rotatable bonds is 2. The van der Waals surface area contributed by atoms with E-state index in [2.05, 4.69) is 4.98 Å². The fourth-order valence-corrected chi connectivity index (χ4v) is 3.67. The quantitative estimate of drug-likeness (QED) is 0.851. The van der Waals surface area contributed by atoms with Gasteiger partial charge in [0.25, 0.3) is 0 Å². The Bertz CT molecular complexity index is 602. The lowest BCUT2D eigenvalue weighted by Crippen LogP contribution is -2.48. The van der Waals surface area contributed by atoms with Crippen molar-refractivity contribution in [3.8, 4) is 6.07 Å². The lowest BCUT2D eigenvalue weighted by atomic mass is 9.97. The molecule has 0 spiro atoms. The molecule has 6 nitrogen and oxygen atoms in total. The lowest BCUT2D eigenvalue weighted by Gasteiger charge is -2.35. The van der Waals surface area contributed by atoms with Gasteiger partial charge in [-0.3, -0.25) is 0 Å². The molecule has 0 aliphatic carbocycles. The molecule has 1 aliphatic heterocycles. The van der Waals surface area contributed by atoms with Gasteiger partial charge >= 0.3 is 0 Å². The third-order valence-corrected chi connectivity index (χ3v) is 4.96. The van der Waals surface area contributed by atoms with Gasteiger partial charge in [0.1, 0.15) is 16.7 Å². The van der Waals surface area contributed by atoms with Crippen molar-refractivity contribution in [3.63, 3.8) is 0 Å². The van der Waals surface area contributed by atoms with Crippen LogP contribution in [-0.4, -0.2) is 41.5 Å². The highest BCUT2D eigenvalue weighted by molar-refractivity contribution is 7.89. The monoisotopic (exact) mass is 281 g/mol. The number of sulfonamides is 1. The van der Waals surface area contributed by atoms with Crippen LogP contribution in [0.4, 0.5) is 0 Å². The molecule has 0 aromatic carbocycles. The van der Waals surface area contributed by atoms with Crippen LogP contribution < -0.4 is 0 Å². The van der Waals surface area contributed by atoms with Gasteiger partial charge in [-0.1, -0.05) is 0 Å². The van der Waals surface area contributed by atoms with Crippen LogP contribution in [0.2, 0.25) is 0 Å². The Hall–Kier alpha value is -1.49. The second-order valence-corrected chi connectivity index (χ2v) is 6.87. The van der Waals surface area contributed by atoms with E-state index in [1.807, 2.05) is 6.07 Å². The molecule has 19 heavy (non-hydrogen) atoms. The summed E-state index contributed by atoms with van der Waals surface area (Å²) in [5, 5.41) is 18.6. The zero-order valence-corrected chi connectivity index (χ0v) is 11.4. The Morgan fingerprint density at radius 1 is 1.53 bits per heavy atom. The predicted octanol–water partition coefficient (Wildman–Crippen LogP) is 0.489. The number of pyridine rings is 1. The molecule has 1 saturated heterocycles.